The Morgan fingerprint density at radius 2 is 1.90 bits per heavy atom. The highest BCUT2D eigenvalue weighted by Gasteiger charge is 2.23. The van der Waals surface area contributed by atoms with Crippen LogP contribution in [0.2, 0.25) is 5.02 Å². The lowest BCUT2D eigenvalue weighted by Gasteiger charge is -2.20. The minimum absolute atomic E-state index is 0.104. The molecule has 0 spiro atoms. The van der Waals surface area contributed by atoms with Gasteiger partial charge in [-0.2, -0.15) is 0 Å². The number of halogens is 2. The molecule has 0 aliphatic heterocycles. The molecule has 168 valence electrons. The van der Waals surface area contributed by atoms with Gasteiger partial charge in [0.1, 0.15) is 11.6 Å². The number of hydrogen-bond donors (Lipinski definition) is 1. The van der Waals surface area contributed by atoms with Gasteiger partial charge in [-0.3, -0.25) is 4.79 Å². The number of carbonyl (C=O) groups is 2. The molecule has 0 aromatic heterocycles. The maximum absolute atomic E-state index is 14.0. The zero-order valence-corrected chi connectivity index (χ0v) is 18.8. The van der Waals surface area contributed by atoms with E-state index >= 15 is 0 Å². The van der Waals surface area contributed by atoms with Crippen molar-refractivity contribution in [2.45, 2.75) is 45.9 Å². The molecule has 0 aliphatic rings. The van der Waals surface area contributed by atoms with Crippen LogP contribution >= 0.6 is 11.6 Å². The summed E-state index contributed by atoms with van der Waals surface area (Å²) in [7, 11) is 1.52. The van der Waals surface area contributed by atoms with E-state index in [1.165, 1.54) is 19.2 Å². The number of rotatable bonds is 10. The number of esters is 1. The van der Waals surface area contributed by atoms with E-state index in [1.807, 2.05) is 26.0 Å². The maximum Gasteiger partial charge on any atom is 0.335 e. The van der Waals surface area contributed by atoms with Crippen molar-refractivity contribution in [3.63, 3.8) is 0 Å². The average molecular weight is 452 g/mol. The highest BCUT2D eigenvalue weighted by atomic mass is 35.5. The molecule has 2 rings (SSSR count). The van der Waals surface area contributed by atoms with Crippen LogP contribution in [0.3, 0.4) is 0 Å². The van der Waals surface area contributed by atoms with Crippen molar-refractivity contribution in [3.05, 3.63) is 63.9 Å². The van der Waals surface area contributed by atoms with Gasteiger partial charge in [-0.1, -0.05) is 23.7 Å². The summed E-state index contributed by atoms with van der Waals surface area (Å²) < 4.78 is 30.2. The fourth-order valence-corrected chi connectivity index (χ4v) is 3.17. The smallest absolute Gasteiger partial charge is 0.335 e. The Hall–Kier alpha value is -2.64. The Morgan fingerprint density at radius 1 is 1.16 bits per heavy atom. The van der Waals surface area contributed by atoms with Crippen molar-refractivity contribution in [3.8, 4) is 5.75 Å². The molecule has 1 unspecified atom stereocenters. The van der Waals surface area contributed by atoms with Gasteiger partial charge in [0.15, 0.2) is 6.10 Å². The van der Waals surface area contributed by atoms with Crippen LogP contribution in [-0.4, -0.2) is 37.8 Å². The molecule has 1 atom stereocenters. The quantitative estimate of drug-likeness (QED) is 0.545. The van der Waals surface area contributed by atoms with Crippen molar-refractivity contribution < 1.29 is 28.2 Å². The number of nitrogens with one attached hydrogen (secondary N) is 1. The first-order chi connectivity index (χ1) is 14.7. The number of carbonyl (C=O) groups excluding carboxylic acids is 2. The SMILES string of the molecule is CCOC(=O)C(Cc1ccc(OC)c(CNC(=O)c2ccc(Cl)cc2F)c1)OC(C)C. The number of methoxy groups -OCH3 is 1. The average Bonchev–Trinajstić information content (AvgIpc) is 2.71. The largest absolute Gasteiger partial charge is 0.496 e. The van der Waals surface area contributed by atoms with Gasteiger partial charge in [0, 0.05) is 23.6 Å². The topological polar surface area (TPSA) is 73.9 Å². The zero-order valence-electron chi connectivity index (χ0n) is 18.0. The van der Waals surface area contributed by atoms with E-state index in [1.54, 1.807) is 13.0 Å². The number of amides is 1. The van der Waals surface area contributed by atoms with Crippen molar-refractivity contribution in [1.29, 1.82) is 0 Å². The van der Waals surface area contributed by atoms with Gasteiger partial charge < -0.3 is 19.5 Å². The predicted octanol–water partition coefficient (Wildman–Crippen LogP) is 4.32. The maximum atomic E-state index is 14.0. The third-order valence-corrected chi connectivity index (χ3v) is 4.60. The minimum atomic E-state index is -0.751. The summed E-state index contributed by atoms with van der Waals surface area (Å²) in [5.41, 5.74) is 1.38. The molecule has 31 heavy (non-hydrogen) atoms. The second-order valence-corrected chi connectivity index (χ2v) is 7.52. The van der Waals surface area contributed by atoms with Gasteiger partial charge in [-0.25, -0.2) is 9.18 Å². The summed E-state index contributed by atoms with van der Waals surface area (Å²) in [5.74, 6) is -1.15. The molecule has 6 nitrogen and oxygen atoms in total. The van der Waals surface area contributed by atoms with E-state index in [0.717, 1.165) is 11.6 Å². The summed E-state index contributed by atoms with van der Waals surface area (Å²) in [6, 6.07) is 9.24. The van der Waals surface area contributed by atoms with E-state index in [-0.39, 0.29) is 29.8 Å². The van der Waals surface area contributed by atoms with Gasteiger partial charge in [0.2, 0.25) is 0 Å². The second-order valence-electron chi connectivity index (χ2n) is 7.08. The molecule has 0 fully saturated rings. The summed E-state index contributed by atoms with van der Waals surface area (Å²) in [4.78, 5) is 24.6. The van der Waals surface area contributed by atoms with Crippen molar-refractivity contribution in [2.75, 3.05) is 13.7 Å². The summed E-state index contributed by atoms with van der Waals surface area (Å²) in [6.07, 6.45) is -0.604. The first-order valence-corrected chi connectivity index (χ1v) is 10.3. The van der Waals surface area contributed by atoms with Crippen LogP contribution in [0, 0.1) is 5.82 Å². The molecular formula is C23H27ClFNO5. The summed E-state index contributed by atoms with van der Waals surface area (Å²) in [6.45, 7) is 5.79. The van der Waals surface area contributed by atoms with Gasteiger partial charge in [-0.05, 0) is 50.6 Å². The third-order valence-electron chi connectivity index (χ3n) is 4.37. The summed E-state index contributed by atoms with van der Waals surface area (Å²) >= 11 is 5.74. The van der Waals surface area contributed by atoms with Crippen LogP contribution in [0.1, 0.15) is 42.3 Å². The second kappa shape index (κ2) is 11.7. The first-order valence-electron chi connectivity index (χ1n) is 9.96. The zero-order chi connectivity index (χ0) is 23.0. The fraction of sp³-hybridized carbons (Fsp3) is 0.391. The van der Waals surface area contributed by atoms with Crippen molar-refractivity contribution in [2.24, 2.45) is 0 Å². The van der Waals surface area contributed by atoms with Crippen LogP contribution in [0.5, 0.6) is 5.75 Å². The molecule has 0 bridgehead atoms. The number of benzene rings is 2. The molecule has 1 amide bonds. The van der Waals surface area contributed by atoms with E-state index < -0.39 is 23.8 Å². The number of ether oxygens (including phenoxy) is 3. The van der Waals surface area contributed by atoms with Gasteiger partial charge in [0.25, 0.3) is 5.91 Å². The lowest BCUT2D eigenvalue weighted by molar-refractivity contribution is -0.159. The van der Waals surface area contributed by atoms with Crippen LogP contribution < -0.4 is 10.1 Å². The lowest BCUT2D eigenvalue weighted by Crippen LogP contribution is -2.31. The third kappa shape index (κ3) is 7.22. The Morgan fingerprint density at radius 3 is 2.52 bits per heavy atom. The molecule has 0 aliphatic carbocycles. The molecule has 0 radical (unpaired) electrons. The molecule has 1 N–H and O–H groups in total. The normalized spacial score (nSPS) is 11.8. The van der Waals surface area contributed by atoms with Crippen LogP contribution in [0.25, 0.3) is 0 Å². The van der Waals surface area contributed by atoms with E-state index in [9.17, 15) is 14.0 Å². The van der Waals surface area contributed by atoms with E-state index in [4.69, 9.17) is 25.8 Å². The lowest BCUT2D eigenvalue weighted by atomic mass is 10.0. The highest BCUT2D eigenvalue weighted by Crippen LogP contribution is 2.22. The number of hydrogen-bond acceptors (Lipinski definition) is 5. The Kier molecular flexibility index (Phi) is 9.27. The van der Waals surface area contributed by atoms with Crippen molar-refractivity contribution >= 4 is 23.5 Å². The molecular weight excluding hydrogens is 425 g/mol. The van der Waals surface area contributed by atoms with Crippen LogP contribution in [-0.2, 0) is 27.2 Å². The van der Waals surface area contributed by atoms with E-state index in [2.05, 4.69) is 5.32 Å². The summed E-state index contributed by atoms with van der Waals surface area (Å²) in [5, 5.41) is 2.89. The molecule has 2 aromatic carbocycles. The first kappa shape index (κ1) is 24.6. The molecule has 0 heterocycles. The molecule has 2 aromatic rings. The Bertz CT molecular complexity index is 919. The van der Waals surface area contributed by atoms with Crippen LogP contribution in [0.15, 0.2) is 36.4 Å². The molecule has 8 heteroatoms. The minimum Gasteiger partial charge on any atom is -0.496 e. The fourth-order valence-electron chi connectivity index (χ4n) is 3.01. The standard InChI is InChI=1S/C23H27ClFNO5/c1-5-30-23(28)21(31-14(2)3)11-15-6-9-20(29-4)16(10-15)13-26-22(27)18-8-7-17(24)12-19(18)25/h6-10,12,14,21H,5,11,13H2,1-4H3,(H,26,27). The highest BCUT2D eigenvalue weighted by molar-refractivity contribution is 6.30. The van der Waals surface area contributed by atoms with Gasteiger partial charge in [-0.15, -0.1) is 0 Å². The Balaban J connectivity index is 2.17. The molecule has 0 saturated heterocycles. The predicted molar refractivity (Wildman–Crippen MR) is 116 cm³/mol. The van der Waals surface area contributed by atoms with Crippen molar-refractivity contribution in [1.82, 2.24) is 5.32 Å². The van der Waals surface area contributed by atoms with E-state index in [0.29, 0.717) is 17.7 Å². The van der Waals surface area contributed by atoms with Gasteiger partial charge in [0.05, 0.1) is 25.4 Å². The van der Waals surface area contributed by atoms with Crippen LogP contribution in [0.4, 0.5) is 4.39 Å². The Labute approximate surface area is 186 Å². The monoisotopic (exact) mass is 451 g/mol. The molecule has 0 saturated carbocycles. The van der Waals surface area contributed by atoms with Gasteiger partial charge >= 0.3 is 5.97 Å².